The highest BCUT2D eigenvalue weighted by Crippen LogP contribution is 2.28. The Morgan fingerprint density at radius 1 is 1.03 bits per heavy atom. The molecule has 4 rings (SSSR count). The topological polar surface area (TPSA) is 83.0 Å². The molecule has 0 N–H and O–H groups in total. The van der Waals surface area contributed by atoms with E-state index in [1.54, 1.807) is 43.6 Å². The number of anilines is 1. The number of benzene rings is 1. The van der Waals surface area contributed by atoms with Gasteiger partial charge in [-0.2, -0.15) is 4.31 Å². The third kappa shape index (κ3) is 4.69. The van der Waals surface area contributed by atoms with Gasteiger partial charge in [0.05, 0.1) is 17.0 Å². The predicted octanol–water partition coefficient (Wildman–Crippen LogP) is 2.49. The fourth-order valence-electron chi connectivity index (χ4n) is 4.25. The number of halogens is 1. The number of hydrogen-bond donors (Lipinski definition) is 0. The molecule has 2 saturated heterocycles. The highest BCUT2D eigenvalue weighted by atomic mass is 35.5. The van der Waals surface area contributed by atoms with Crippen LogP contribution in [-0.4, -0.2) is 74.9 Å². The van der Waals surface area contributed by atoms with Gasteiger partial charge in [0.1, 0.15) is 11.6 Å². The monoisotopic (exact) mass is 478 g/mol. The Labute approximate surface area is 193 Å². The lowest BCUT2D eigenvalue weighted by Crippen LogP contribution is -2.52. The first-order valence-corrected chi connectivity index (χ1v) is 12.5. The van der Waals surface area contributed by atoms with Gasteiger partial charge in [-0.25, -0.2) is 13.4 Å². The summed E-state index contributed by atoms with van der Waals surface area (Å²) in [6, 6.07) is 10.0. The van der Waals surface area contributed by atoms with Crippen molar-refractivity contribution in [2.45, 2.75) is 17.7 Å². The highest BCUT2D eigenvalue weighted by Gasteiger charge is 2.34. The van der Waals surface area contributed by atoms with Crippen molar-refractivity contribution in [1.82, 2.24) is 14.2 Å². The second kappa shape index (κ2) is 9.64. The van der Waals surface area contributed by atoms with E-state index in [0.717, 1.165) is 5.82 Å². The largest absolute Gasteiger partial charge is 0.497 e. The van der Waals surface area contributed by atoms with E-state index in [-0.39, 0.29) is 16.7 Å². The average Bonchev–Trinajstić information content (AvgIpc) is 2.84. The van der Waals surface area contributed by atoms with Crippen LogP contribution < -0.4 is 9.64 Å². The van der Waals surface area contributed by atoms with E-state index in [9.17, 15) is 13.2 Å². The molecule has 8 nitrogen and oxygen atoms in total. The molecule has 0 radical (unpaired) electrons. The number of pyridine rings is 1. The number of aromatic nitrogens is 1. The van der Waals surface area contributed by atoms with Crippen LogP contribution in [0.4, 0.5) is 5.82 Å². The van der Waals surface area contributed by atoms with Gasteiger partial charge in [0.15, 0.2) is 0 Å². The first-order valence-electron chi connectivity index (χ1n) is 10.7. The molecular weight excluding hydrogens is 452 g/mol. The minimum absolute atomic E-state index is 0.110. The quantitative estimate of drug-likeness (QED) is 0.656. The Kier molecular flexibility index (Phi) is 6.88. The minimum Gasteiger partial charge on any atom is -0.497 e. The molecule has 3 heterocycles. The molecule has 1 amide bonds. The summed E-state index contributed by atoms with van der Waals surface area (Å²) in [6.45, 7) is 3.25. The zero-order valence-electron chi connectivity index (χ0n) is 18.0. The molecule has 2 fully saturated rings. The maximum atomic E-state index is 13.0. The Hall–Kier alpha value is -2.36. The van der Waals surface area contributed by atoms with Gasteiger partial charge in [0, 0.05) is 51.4 Å². The molecule has 1 aromatic heterocycles. The zero-order chi connectivity index (χ0) is 22.7. The average molecular weight is 479 g/mol. The van der Waals surface area contributed by atoms with Crippen LogP contribution in [0.15, 0.2) is 47.5 Å². The molecule has 32 heavy (non-hydrogen) atoms. The van der Waals surface area contributed by atoms with Gasteiger partial charge in [-0.15, -0.1) is 0 Å². The molecule has 0 aliphatic carbocycles. The van der Waals surface area contributed by atoms with Crippen molar-refractivity contribution in [3.63, 3.8) is 0 Å². The van der Waals surface area contributed by atoms with Crippen LogP contribution >= 0.6 is 11.6 Å². The third-order valence-corrected chi connectivity index (χ3v) is 8.34. The second-order valence-corrected chi connectivity index (χ2v) is 10.3. The molecule has 2 aliphatic rings. The van der Waals surface area contributed by atoms with Crippen molar-refractivity contribution >= 4 is 33.3 Å². The summed E-state index contributed by atoms with van der Waals surface area (Å²) in [5, 5.41) is 0.609. The van der Waals surface area contributed by atoms with Gasteiger partial charge in [-0.05, 0) is 49.2 Å². The smallest absolute Gasteiger partial charge is 0.243 e. The number of hydrogen-bond acceptors (Lipinski definition) is 6. The summed E-state index contributed by atoms with van der Waals surface area (Å²) in [5.41, 5.74) is 0. The van der Waals surface area contributed by atoms with Gasteiger partial charge in [0.25, 0.3) is 0 Å². The van der Waals surface area contributed by atoms with Crippen LogP contribution in [0.5, 0.6) is 5.75 Å². The molecule has 0 spiro atoms. The second-order valence-electron chi connectivity index (χ2n) is 7.98. The number of amides is 1. The van der Waals surface area contributed by atoms with Crippen molar-refractivity contribution < 1.29 is 17.9 Å². The molecule has 0 unspecified atom stereocenters. The van der Waals surface area contributed by atoms with Gasteiger partial charge in [-0.1, -0.05) is 11.6 Å². The molecule has 10 heteroatoms. The Bertz CT molecular complexity index is 1050. The number of piperazine rings is 1. The number of methoxy groups -OCH3 is 1. The molecule has 2 aliphatic heterocycles. The van der Waals surface area contributed by atoms with Crippen LogP contribution in [0.25, 0.3) is 0 Å². The Morgan fingerprint density at radius 2 is 1.69 bits per heavy atom. The van der Waals surface area contributed by atoms with Crippen molar-refractivity contribution in [3.05, 3.63) is 47.6 Å². The molecule has 172 valence electrons. The standard InChI is InChI=1S/C22H27ClN4O4S/c1-31-18-4-6-19(7-5-18)32(29,30)27-11-8-17(9-12-27)22(28)26-15-13-25(14-16-26)21-20(23)3-2-10-24-21/h2-7,10,17H,8-9,11-16H2,1H3. The predicted molar refractivity (Wildman–Crippen MR) is 123 cm³/mol. The molecule has 2 aromatic rings. The summed E-state index contributed by atoms with van der Waals surface area (Å²) in [7, 11) is -2.04. The van der Waals surface area contributed by atoms with Gasteiger partial charge in [-0.3, -0.25) is 4.79 Å². The summed E-state index contributed by atoms with van der Waals surface area (Å²) in [4.78, 5) is 21.6. The van der Waals surface area contributed by atoms with Crippen molar-refractivity contribution in [2.24, 2.45) is 5.92 Å². The van der Waals surface area contributed by atoms with Gasteiger partial charge in [0.2, 0.25) is 15.9 Å². The van der Waals surface area contributed by atoms with Crippen molar-refractivity contribution in [1.29, 1.82) is 0 Å². The summed E-state index contributed by atoms with van der Waals surface area (Å²) < 4.78 is 32.4. The lowest BCUT2D eigenvalue weighted by atomic mass is 9.96. The SMILES string of the molecule is COc1ccc(S(=O)(=O)N2CCC(C(=O)N3CCN(c4ncccc4Cl)CC3)CC2)cc1. The minimum atomic E-state index is -3.58. The van der Waals surface area contributed by atoms with E-state index >= 15 is 0 Å². The van der Waals surface area contributed by atoms with Crippen LogP contribution in [-0.2, 0) is 14.8 Å². The first kappa shape index (κ1) is 22.8. The van der Waals surface area contributed by atoms with Gasteiger partial charge >= 0.3 is 0 Å². The number of sulfonamides is 1. The Morgan fingerprint density at radius 3 is 2.28 bits per heavy atom. The molecule has 0 bridgehead atoms. The van der Waals surface area contributed by atoms with Crippen LogP contribution in [0.2, 0.25) is 5.02 Å². The van der Waals surface area contributed by atoms with E-state index in [2.05, 4.69) is 9.88 Å². The zero-order valence-corrected chi connectivity index (χ0v) is 19.6. The fraction of sp³-hybridized carbons (Fsp3) is 0.455. The summed E-state index contributed by atoms with van der Waals surface area (Å²) in [5.74, 6) is 1.32. The van der Waals surface area contributed by atoms with E-state index in [4.69, 9.17) is 16.3 Å². The number of nitrogens with zero attached hydrogens (tertiary/aromatic N) is 4. The van der Waals surface area contributed by atoms with E-state index in [1.165, 1.54) is 4.31 Å². The molecule has 0 atom stereocenters. The number of carbonyl (C=O) groups excluding carboxylic acids is 1. The lowest BCUT2D eigenvalue weighted by molar-refractivity contribution is -0.137. The molecular formula is C22H27ClN4O4S. The first-order chi connectivity index (χ1) is 15.4. The maximum absolute atomic E-state index is 13.0. The van der Waals surface area contributed by atoms with Crippen LogP contribution in [0.1, 0.15) is 12.8 Å². The van der Waals surface area contributed by atoms with E-state index in [1.807, 2.05) is 11.0 Å². The number of carbonyl (C=O) groups is 1. The van der Waals surface area contributed by atoms with E-state index in [0.29, 0.717) is 62.9 Å². The summed E-state index contributed by atoms with van der Waals surface area (Å²) in [6.07, 6.45) is 2.77. The lowest BCUT2D eigenvalue weighted by Gasteiger charge is -2.38. The van der Waals surface area contributed by atoms with E-state index < -0.39 is 10.0 Å². The van der Waals surface area contributed by atoms with Crippen LogP contribution in [0, 0.1) is 5.92 Å². The maximum Gasteiger partial charge on any atom is 0.243 e. The summed E-state index contributed by atoms with van der Waals surface area (Å²) >= 11 is 6.24. The third-order valence-electron chi connectivity index (χ3n) is 6.13. The Balaban J connectivity index is 1.31. The number of rotatable bonds is 5. The number of piperidine rings is 1. The number of ether oxygens (including phenoxy) is 1. The van der Waals surface area contributed by atoms with Crippen LogP contribution in [0.3, 0.4) is 0 Å². The highest BCUT2D eigenvalue weighted by molar-refractivity contribution is 7.89. The normalized spacial score (nSPS) is 18.6. The molecule has 0 saturated carbocycles. The molecule has 1 aromatic carbocycles. The van der Waals surface area contributed by atoms with Crippen molar-refractivity contribution in [3.8, 4) is 5.75 Å². The van der Waals surface area contributed by atoms with Gasteiger partial charge < -0.3 is 14.5 Å². The van der Waals surface area contributed by atoms with Crippen molar-refractivity contribution in [2.75, 3.05) is 51.3 Å². The fourth-order valence-corrected chi connectivity index (χ4v) is 5.96.